The summed E-state index contributed by atoms with van der Waals surface area (Å²) in [6, 6.07) is 13.0. The van der Waals surface area contributed by atoms with Crippen LogP contribution in [0.25, 0.3) is 0 Å². The van der Waals surface area contributed by atoms with E-state index in [0.29, 0.717) is 11.3 Å². The van der Waals surface area contributed by atoms with Gasteiger partial charge in [0.2, 0.25) is 10.0 Å². The molecule has 28 heavy (non-hydrogen) atoms. The van der Waals surface area contributed by atoms with Crippen LogP contribution in [0.2, 0.25) is 0 Å². The molecule has 0 fully saturated rings. The highest BCUT2D eigenvalue weighted by molar-refractivity contribution is 7.92. The summed E-state index contributed by atoms with van der Waals surface area (Å²) < 4.78 is 26.3. The topological polar surface area (TPSA) is 66.5 Å². The molecule has 0 heterocycles. The van der Waals surface area contributed by atoms with Gasteiger partial charge in [-0.3, -0.25) is 9.10 Å². The van der Waals surface area contributed by atoms with Gasteiger partial charge >= 0.3 is 0 Å². The monoisotopic (exact) mass is 402 g/mol. The maximum atomic E-state index is 12.5. The molecule has 0 saturated carbocycles. The van der Waals surface area contributed by atoms with Crippen LogP contribution in [0.4, 0.5) is 5.69 Å². The van der Waals surface area contributed by atoms with E-state index in [2.05, 4.69) is 12.2 Å². The third-order valence-corrected chi connectivity index (χ3v) is 5.84. The lowest BCUT2D eigenvalue weighted by atomic mass is 10.1. The average molecular weight is 403 g/mol. The number of amides is 1. The molecule has 1 atom stereocenters. The van der Waals surface area contributed by atoms with Crippen molar-refractivity contribution in [3.05, 3.63) is 64.7 Å². The predicted octanol–water partition coefficient (Wildman–Crippen LogP) is 4.19. The molecule has 0 aliphatic heterocycles. The molecule has 0 unspecified atom stereocenters. The van der Waals surface area contributed by atoms with Crippen molar-refractivity contribution in [1.29, 1.82) is 0 Å². The zero-order valence-electron chi connectivity index (χ0n) is 17.3. The van der Waals surface area contributed by atoms with Crippen molar-refractivity contribution in [3.63, 3.8) is 0 Å². The van der Waals surface area contributed by atoms with Gasteiger partial charge in [0.25, 0.3) is 5.91 Å². The second-order valence-electron chi connectivity index (χ2n) is 7.37. The van der Waals surface area contributed by atoms with Crippen LogP contribution in [0.1, 0.15) is 53.7 Å². The number of carbonyl (C=O) groups is 1. The first kappa shape index (κ1) is 22.0. The van der Waals surface area contributed by atoms with Crippen LogP contribution in [-0.2, 0) is 16.6 Å². The van der Waals surface area contributed by atoms with Crippen LogP contribution in [0.3, 0.4) is 0 Å². The summed E-state index contributed by atoms with van der Waals surface area (Å²) in [5, 5.41) is 2.98. The zero-order chi connectivity index (χ0) is 20.9. The summed E-state index contributed by atoms with van der Waals surface area (Å²) in [6.45, 7) is 8.11. The Bertz CT molecular complexity index is 901. The first-order valence-electron chi connectivity index (χ1n) is 9.57. The lowest BCUT2D eigenvalue weighted by Crippen LogP contribution is -2.32. The molecule has 6 heteroatoms. The van der Waals surface area contributed by atoms with E-state index in [0.717, 1.165) is 29.5 Å². The van der Waals surface area contributed by atoms with Crippen molar-refractivity contribution in [2.45, 2.75) is 53.1 Å². The summed E-state index contributed by atoms with van der Waals surface area (Å²) in [6.07, 6.45) is 3.17. The Hall–Kier alpha value is -2.34. The Kier molecular flexibility index (Phi) is 7.24. The zero-order valence-corrected chi connectivity index (χ0v) is 18.1. The third kappa shape index (κ3) is 5.58. The highest BCUT2D eigenvalue weighted by Crippen LogP contribution is 2.28. The molecule has 0 saturated heterocycles. The number of benzene rings is 2. The molecule has 0 radical (unpaired) electrons. The van der Waals surface area contributed by atoms with Gasteiger partial charge in [0.1, 0.15) is 0 Å². The minimum atomic E-state index is -3.46. The first-order valence-corrected chi connectivity index (χ1v) is 11.4. The third-order valence-electron chi connectivity index (χ3n) is 4.73. The lowest BCUT2D eigenvalue weighted by Gasteiger charge is -2.26. The number of aryl methyl sites for hydroxylation is 2. The quantitative estimate of drug-likeness (QED) is 0.720. The number of nitrogens with zero attached hydrogens (tertiary/aromatic N) is 1. The minimum absolute atomic E-state index is 0.109. The fraction of sp³-hybridized carbons (Fsp3) is 0.409. The molecular formula is C22H30N2O3S. The number of nitrogens with one attached hydrogen (secondary N) is 1. The number of hydrogen-bond donors (Lipinski definition) is 1. The summed E-state index contributed by atoms with van der Waals surface area (Å²) in [5.74, 6) is -0.109. The number of para-hydroxylation sites is 1. The molecular weight excluding hydrogens is 372 g/mol. The highest BCUT2D eigenvalue weighted by Gasteiger charge is 2.21. The van der Waals surface area contributed by atoms with E-state index in [1.54, 1.807) is 12.1 Å². The fourth-order valence-electron chi connectivity index (χ4n) is 3.30. The Balaban J connectivity index is 2.24. The molecule has 0 aliphatic rings. The van der Waals surface area contributed by atoms with E-state index in [9.17, 15) is 13.2 Å². The van der Waals surface area contributed by atoms with Crippen molar-refractivity contribution in [1.82, 2.24) is 5.32 Å². The summed E-state index contributed by atoms with van der Waals surface area (Å²) >= 11 is 0. The van der Waals surface area contributed by atoms with Gasteiger partial charge < -0.3 is 5.32 Å². The summed E-state index contributed by atoms with van der Waals surface area (Å²) in [4.78, 5) is 12.3. The van der Waals surface area contributed by atoms with Crippen LogP contribution in [-0.4, -0.2) is 26.6 Å². The van der Waals surface area contributed by atoms with Crippen molar-refractivity contribution in [2.24, 2.45) is 0 Å². The number of hydrogen-bond acceptors (Lipinski definition) is 3. The van der Waals surface area contributed by atoms with Gasteiger partial charge in [0.05, 0.1) is 18.5 Å². The van der Waals surface area contributed by atoms with Gasteiger partial charge in [-0.15, -0.1) is 0 Å². The molecule has 152 valence electrons. The Morgan fingerprint density at radius 1 is 1.07 bits per heavy atom. The second kappa shape index (κ2) is 9.24. The molecule has 5 nitrogen and oxygen atoms in total. The van der Waals surface area contributed by atoms with E-state index in [1.165, 1.54) is 10.6 Å². The lowest BCUT2D eigenvalue weighted by molar-refractivity contribution is 0.0938. The molecule has 0 aromatic heterocycles. The summed E-state index contributed by atoms with van der Waals surface area (Å²) in [7, 11) is -3.46. The normalized spacial score (nSPS) is 12.5. The minimum Gasteiger partial charge on any atom is -0.350 e. The van der Waals surface area contributed by atoms with Crippen molar-refractivity contribution in [2.75, 3.05) is 10.6 Å². The molecule has 2 aromatic rings. The van der Waals surface area contributed by atoms with Crippen molar-refractivity contribution >= 4 is 21.6 Å². The Labute approximate surface area is 168 Å². The van der Waals surface area contributed by atoms with Crippen LogP contribution in [0.5, 0.6) is 0 Å². The fourth-order valence-corrected chi connectivity index (χ4v) is 4.30. The molecule has 2 rings (SSSR count). The Morgan fingerprint density at radius 3 is 2.14 bits per heavy atom. The average Bonchev–Trinajstić information content (AvgIpc) is 2.60. The van der Waals surface area contributed by atoms with Gasteiger partial charge in [0.15, 0.2) is 0 Å². The summed E-state index contributed by atoms with van der Waals surface area (Å²) in [5.41, 5.74) is 3.92. The molecule has 2 aromatic carbocycles. The molecule has 1 N–H and O–H groups in total. The maximum absolute atomic E-state index is 12.5. The smallest absolute Gasteiger partial charge is 0.251 e. The molecule has 0 bridgehead atoms. The number of anilines is 1. The van der Waals surface area contributed by atoms with E-state index >= 15 is 0 Å². The number of carbonyl (C=O) groups excluding carboxylic acids is 1. The molecule has 0 aliphatic carbocycles. The van der Waals surface area contributed by atoms with Crippen LogP contribution < -0.4 is 9.62 Å². The SMILES string of the molecule is CCC[C@H](C)NC(=O)c1ccc(CN(c2c(C)cccc2C)S(C)(=O)=O)cc1. The standard InChI is InChI=1S/C22H30N2O3S/c1-6-8-18(4)23-22(25)20-13-11-19(12-14-20)15-24(28(5,26)27)21-16(2)9-7-10-17(21)3/h7,9-14,18H,6,8,15H2,1-5H3,(H,23,25)/t18-/m0/s1. The molecule has 0 spiro atoms. The van der Waals surface area contributed by atoms with E-state index in [-0.39, 0.29) is 18.5 Å². The van der Waals surface area contributed by atoms with Crippen molar-refractivity contribution < 1.29 is 13.2 Å². The molecule has 1 amide bonds. The second-order valence-corrected chi connectivity index (χ2v) is 9.28. The van der Waals surface area contributed by atoms with Gasteiger partial charge in [-0.1, -0.05) is 43.7 Å². The van der Waals surface area contributed by atoms with Crippen molar-refractivity contribution in [3.8, 4) is 0 Å². The van der Waals surface area contributed by atoms with E-state index in [4.69, 9.17) is 0 Å². The van der Waals surface area contributed by atoms with Gasteiger partial charge in [0, 0.05) is 11.6 Å². The van der Waals surface area contributed by atoms with Gasteiger partial charge in [-0.2, -0.15) is 0 Å². The number of sulfonamides is 1. The van der Waals surface area contributed by atoms with Crippen LogP contribution >= 0.6 is 0 Å². The van der Waals surface area contributed by atoms with E-state index in [1.807, 2.05) is 51.1 Å². The first-order chi connectivity index (χ1) is 13.1. The van der Waals surface area contributed by atoms with Gasteiger partial charge in [-0.05, 0) is 56.0 Å². The highest BCUT2D eigenvalue weighted by atomic mass is 32.2. The maximum Gasteiger partial charge on any atom is 0.251 e. The van der Waals surface area contributed by atoms with Crippen LogP contribution in [0, 0.1) is 13.8 Å². The van der Waals surface area contributed by atoms with Crippen LogP contribution in [0.15, 0.2) is 42.5 Å². The largest absolute Gasteiger partial charge is 0.350 e. The predicted molar refractivity (Wildman–Crippen MR) is 115 cm³/mol. The Morgan fingerprint density at radius 2 is 1.64 bits per heavy atom. The van der Waals surface area contributed by atoms with Gasteiger partial charge in [-0.25, -0.2) is 8.42 Å². The number of rotatable bonds is 8. The van der Waals surface area contributed by atoms with E-state index < -0.39 is 10.0 Å².